The lowest BCUT2D eigenvalue weighted by atomic mass is 10.1. The number of rotatable bonds is 3. The fraction of sp³-hybridized carbons (Fsp3) is 0.500. The van der Waals surface area contributed by atoms with Gasteiger partial charge in [-0.1, -0.05) is 6.42 Å². The van der Waals surface area contributed by atoms with Crippen molar-refractivity contribution in [3.63, 3.8) is 0 Å². The molecular formula is C14H19NO4S. The van der Waals surface area contributed by atoms with Gasteiger partial charge in [-0.05, 0) is 44.0 Å². The SMILES string of the molecule is COC(=O)c1ccc(S(=O)(=O)N2CCCC[C@@H]2C)cc1. The van der Waals surface area contributed by atoms with E-state index in [0.29, 0.717) is 12.1 Å². The van der Waals surface area contributed by atoms with Crippen LogP contribution in [-0.2, 0) is 14.8 Å². The van der Waals surface area contributed by atoms with Crippen molar-refractivity contribution >= 4 is 16.0 Å². The van der Waals surface area contributed by atoms with Gasteiger partial charge in [-0.3, -0.25) is 0 Å². The van der Waals surface area contributed by atoms with Crippen LogP contribution < -0.4 is 0 Å². The van der Waals surface area contributed by atoms with Crippen molar-refractivity contribution in [3.05, 3.63) is 29.8 Å². The number of hydrogen-bond donors (Lipinski definition) is 0. The first kappa shape index (κ1) is 15.0. The molecule has 1 atom stereocenters. The van der Waals surface area contributed by atoms with Crippen LogP contribution >= 0.6 is 0 Å². The molecule has 20 heavy (non-hydrogen) atoms. The van der Waals surface area contributed by atoms with Gasteiger partial charge in [0.15, 0.2) is 0 Å². The van der Waals surface area contributed by atoms with E-state index < -0.39 is 16.0 Å². The molecule has 5 nitrogen and oxygen atoms in total. The normalized spacial score (nSPS) is 20.6. The summed E-state index contributed by atoms with van der Waals surface area (Å²) in [6.45, 7) is 2.49. The van der Waals surface area contributed by atoms with Crippen LogP contribution in [0.1, 0.15) is 36.5 Å². The molecular weight excluding hydrogens is 278 g/mol. The van der Waals surface area contributed by atoms with E-state index in [9.17, 15) is 13.2 Å². The zero-order valence-electron chi connectivity index (χ0n) is 11.7. The van der Waals surface area contributed by atoms with Crippen LogP contribution in [0.25, 0.3) is 0 Å². The quantitative estimate of drug-likeness (QED) is 0.801. The van der Waals surface area contributed by atoms with Crippen LogP contribution in [0.5, 0.6) is 0 Å². The van der Waals surface area contributed by atoms with Crippen molar-refractivity contribution in [3.8, 4) is 0 Å². The third-order valence-corrected chi connectivity index (χ3v) is 5.65. The molecule has 6 heteroatoms. The van der Waals surface area contributed by atoms with E-state index in [-0.39, 0.29) is 10.9 Å². The summed E-state index contributed by atoms with van der Waals surface area (Å²) in [6.07, 6.45) is 2.84. The van der Waals surface area contributed by atoms with Gasteiger partial charge in [0.2, 0.25) is 10.0 Å². The first-order valence-electron chi connectivity index (χ1n) is 6.67. The Bertz CT molecular complexity index is 580. The molecule has 0 spiro atoms. The Morgan fingerprint density at radius 2 is 1.90 bits per heavy atom. The zero-order chi connectivity index (χ0) is 14.8. The molecule has 1 aromatic carbocycles. The van der Waals surface area contributed by atoms with Gasteiger partial charge in [0.25, 0.3) is 0 Å². The van der Waals surface area contributed by atoms with Gasteiger partial charge in [-0.2, -0.15) is 4.31 Å². The summed E-state index contributed by atoms with van der Waals surface area (Å²) >= 11 is 0. The predicted octanol–water partition coefficient (Wildman–Crippen LogP) is 2.04. The number of hydrogen-bond acceptors (Lipinski definition) is 4. The minimum absolute atomic E-state index is 0.0223. The molecule has 0 amide bonds. The number of esters is 1. The third kappa shape index (κ3) is 2.86. The molecule has 0 aliphatic carbocycles. The van der Waals surface area contributed by atoms with E-state index in [2.05, 4.69) is 4.74 Å². The minimum atomic E-state index is -3.48. The number of carbonyl (C=O) groups is 1. The van der Waals surface area contributed by atoms with Crippen molar-refractivity contribution in [1.29, 1.82) is 0 Å². The third-order valence-electron chi connectivity index (χ3n) is 3.62. The largest absolute Gasteiger partial charge is 0.465 e. The lowest BCUT2D eigenvalue weighted by molar-refractivity contribution is 0.0600. The van der Waals surface area contributed by atoms with Crippen LogP contribution in [0, 0.1) is 0 Å². The van der Waals surface area contributed by atoms with Gasteiger partial charge in [-0.15, -0.1) is 0 Å². The van der Waals surface area contributed by atoms with Crippen molar-refractivity contribution in [2.45, 2.75) is 37.1 Å². The Labute approximate surface area is 119 Å². The molecule has 0 aromatic heterocycles. The van der Waals surface area contributed by atoms with Crippen LogP contribution in [0.2, 0.25) is 0 Å². The number of sulfonamides is 1. The van der Waals surface area contributed by atoms with Crippen LogP contribution in [0.3, 0.4) is 0 Å². The average molecular weight is 297 g/mol. The first-order chi connectivity index (χ1) is 9.46. The molecule has 1 aliphatic heterocycles. The highest BCUT2D eigenvalue weighted by Crippen LogP contribution is 2.25. The van der Waals surface area contributed by atoms with E-state index >= 15 is 0 Å². The molecule has 0 unspecified atom stereocenters. The Morgan fingerprint density at radius 1 is 1.25 bits per heavy atom. The minimum Gasteiger partial charge on any atom is -0.465 e. The average Bonchev–Trinajstić information content (AvgIpc) is 2.47. The fourth-order valence-corrected chi connectivity index (χ4v) is 4.14. The Kier molecular flexibility index (Phi) is 4.45. The second-order valence-electron chi connectivity index (χ2n) is 4.98. The van der Waals surface area contributed by atoms with Gasteiger partial charge in [0.05, 0.1) is 17.6 Å². The summed E-state index contributed by atoms with van der Waals surface area (Å²) in [4.78, 5) is 11.6. The van der Waals surface area contributed by atoms with E-state index in [1.807, 2.05) is 6.92 Å². The summed E-state index contributed by atoms with van der Waals surface area (Å²) in [7, 11) is -2.19. The lowest BCUT2D eigenvalue weighted by Gasteiger charge is -2.32. The van der Waals surface area contributed by atoms with Crippen molar-refractivity contribution in [2.75, 3.05) is 13.7 Å². The summed E-state index contributed by atoms with van der Waals surface area (Å²) in [5, 5.41) is 0. The van der Waals surface area contributed by atoms with Gasteiger partial charge in [0, 0.05) is 12.6 Å². The van der Waals surface area contributed by atoms with Crippen LogP contribution in [0.15, 0.2) is 29.2 Å². The number of piperidine rings is 1. The summed E-state index contributed by atoms with van der Waals surface area (Å²) in [5.41, 5.74) is 0.346. The lowest BCUT2D eigenvalue weighted by Crippen LogP contribution is -2.41. The van der Waals surface area contributed by atoms with Crippen molar-refractivity contribution < 1.29 is 17.9 Å². The highest BCUT2D eigenvalue weighted by atomic mass is 32.2. The number of nitrogens with zero attached hydrogens (tertiary/aromatic N) is 1. The Morgan fingerprint density at radius 3 is 2.45 bits per heavy atom. The summed E-state index contributed by atoms with van der Waals surface area (Å²) < 4.78 is 31.3. The smallest absolute Gasteiger partial charge is 0.337 e. The molecule has 0 bridgehead atoms. The number of ether oxygens (including phenoxy) is 1. The van der Waals surface area contributed by atoms with E-state index in [1.165, 1.54) is 31.4 Å². The predicted molar refractivity (Wildman–Crippen MR) is 75.0 cm³/mol. The molecule has 1 saturated heterocycles. The molecule has 1 aromatic rings. The number of benzene rings is 1. The summed E-state index contributed by atoms with van der Waals surface area (Å²) in [6, 6.07) is 5.90. The van der Waals surface area contributed by atoms with Crippen molar-refractivity contribution in [2.24, 2.45) is 0 Å². The standard InChI is InChI=1S/C14H19NO4S/c1-11-5-3-4-10-15(11)20(17,18)13-8-6-12(7-9-13)14(16)19-2/h6-9,11H,3-5,10H2,1-2H3/t11-/m0/s1. The number of methoxy groups -OCH3 is 1. The Balaban J connectivity index is 2.27. The van der Waals surface area contributed by atoms with Crippen LogP contribution in [-0.4, -0.2) is 38.4 Å². The van der Waals surface area contributed by atoms with E-state index in [4.69, 9.17) is 0 Å². The zero-order valence-corrected chi connectivity index (χ0v) is 12.5. The molecule has 0 radical (unpaired) electrons. The maximum atomic E-state index is 12.6. The fourth-order valence-electron chi connectivity index (χ4n) is 2.45. The second-order valence-corrected chi connectivity index (χ2v) is 6.87. The molecule has 1 heterocycles. The maximum Gasteiger partial charge on any atom is 0.337 e. The first-order valence-corrected chi connectivity index (χ1v) is 8.11. The van der Waals surface area contributed by atoms with Crippen LogP contribution in [0.4, 0.5) is 0 Å². The van der Waals surface area contributed by atoms with Gasteiger partial charge in [-0.25, -0.2) is 13.2 Å². The number of carbonyl (C=O) groups excluding carboxylic acids is 1. The van der Waals surface area contributed by atoms with Gasteiger partial charge >= 0.3 is 5.97 Å². The highest BCUT2D eigenvalue weighted by Gasteiger charge is 2.30. The molecule has 2 rings (SSSR count). The van der Waals surface area contributed by atoms with Gasteiger partial charge < -0.3 is 4.74 Å². The topological polar surface area (TPSA) is 63.7 Å². The summed E-state index contributed by atoms with van der Waals surface area (Å²) in [5.74, 6) is -0.472. The monoisotopic (exact) mass is 297 g/mol. The van der Waals surface area contributed by atoms with E-state index in [1.54, 1.807) is 4.31 Å². The molecule has 110 valence electrons. The second kappa shape index (κ2) is 5.93. The molecule has 1 aliphatic rings. The molecule has 0 N–H and O–H groups in total. The molecule has 0 saturated carbocycles. The highest BCUT2D eigenvalue weighted by molar-refractivity contribution is 7.89. The molecule has 1 fully saturated rings. The maximum absolute atomic E-state index is 12.6. The van der Waals surface area contributed by atoms with E-state index in [0.717, 1.165) is 19.3 Å². The Hall–Kier alpha value is -1.40. The van der Waals surface area contributed by atoms with Crippen molar-refractivity contribution in [1.82, 2.24) is 4.31 Å². The van der Waals surface area contributed by atoms with Gasteiger partial charge in [0.1, 0.15) is 0 Å².